The van der Waals surface area contributed by atoms with Crippen LogP contribution in [0.15, 0.2) is 18.2 Å². The molecule has 0 aliphatic heterocycles. The summed E-state index contributed by atoms with van der Waals surface area (Å²) in [5.41, 5.74) is 1.87. The van der Waals surface area contributed by atoms with Crippen LogP contribution in [-0.4, -0.2) is 22.7 Å². The molecule has 0 bridgehead atoms. The topological polar surface area (TPSA) is 64.1 Å². The summed E-state index contributed by atoms with van der Waals surface area (Å²) in [7, 11) is 0. The van der Waals surface area contributed by atoms with Crippen LogP contribution in [0.25, 0.3) is 0 Å². The summed E-state index contributed by atoms with van der Waals surface area (Å²) in [6.07, 6.45) is -2.85. The average molecular weight is 508 g/mol. The molecule has 0 radical (unpaired) electrons. The highest BCUT2D eigenvalue weighted by molar-refractivity contribution is 9.09. The summed E-state index contributed by atoms with van der Waals surface area (Å²) in [5.74, 6) is -0.0449. The number of aromatic nitrogens is 2. The monoisotopic (exact) mass is 507 g/mol. The number of nitrogens with zero attached hydrogens (tertiary/aromatic N) is 2. The fourth-order valence-electron chi connectivity index (χ4n) is 2.59. The zero-order chi connectivity index (χ0) is 22.7. The number of nitrogens with one attached hydrogen (secondary N) is 1. The van der Waals surface area contributed by atoms with Gasteiger partial charge in [0.15, 0.2) is 6.61 Å². The molecule has 2 rings (SSSR count). The molecule has 0 aliphatic carbocycles. The minimum Gasteiger partial charge on any atom is -0.483 e. The van der Waals surface area contributed by atoms with Crippen molar-refractivity contribution in [1.82, 2.24) is 10.2 Å². The molecule has 0 fully saturated rings. The average Bonchev–Trinajstić information content (AvgIpc) is 3.15. The van der Waals surface area contributed by atoms with E-state index < -0.39 is 17.1 Å². The van der Waals surface area contributed by atoms with E-state index in [0.29, 0.717) is 5.75 Å². The minimum atomic E-state index is -4.60. The van der Waals surface area contributed by atoms with Crippen LogP contribution in [0, 0.1) is 0 Å². The van der Waals surface area contributed by atoms with Crippen molar-refractivity contribution in [3.05, 3.63) is 34.3 Å². The van der Waals surface area contributed by atoms with Crippen LogP contribution in [0.3, 0.4) is 0 Å². The smallest absolute Gasteiger partial charge is 0.445 e. The molecule has 2 aromatic rings. The standard InChI is InChI=1S/C20H25BrF3N3O2S/c1-6-18(3,4)13-10-12(19(5,21)7-2)8-9-14(13)29-11-15(28)25-17-27-26-16(30-17)20(22,23)24/h8-10H,6-7,11H2,1-5H3,(H,25,27,28). The molecule has 0 saturated carbocycles. The van der Waals surface area contributed by atoms with Crippen molar-refractivity contribution < 1.29 is 22.7 Å². The van der Waals surface area contributed by atoms with Crippen molar-refractivity contribution in [3.8, 4) is 5.75 Å². The van der Waals surface area contributed by atoms with E-state index in [0.717, 1.165) is 24.0 Å². The molecular weight excluding hydrogens is 483 g/mol. The Labute approximate surface area is 186 Å². The Bertz CT molecular complexity index is 898. The number of carbonyl (C=O) groups excluding carboxylic acids is 1. The maximum absolute atomic E-state index is 12.6. The molecule has 0 spiro atoms. The van der Waals surface area contributed by atoms with E-state index >= 15 is 0 Å². The van der Waals surface area contributed by atoms with Gasteiger partial charge in [-0.05, 0) is 36.8 Å². The first-order chi connectivity index (χ1) is 13.8. The molecule has 0 saturated heterocycles. The lowest BCUT2D eigenvalue weighted by atomic mass is 9.80. The molecule has 5 nitrogen and oxygen atoms in total. The number of hydrogen-bond acceptors (Lipinski definition) is 5. The van der Waals surface area contributed by atoms with Crippen molar-refractivity contribution in [2.45, 2.75) is 63.4 Å². The third-order valence-corrected chi connectivity index (χ3v) is 7.03. The van der Waals surface area contributed by atoms with Crippen LogP contribution < -0.4 is 10.1 Å². The molecule has 1 aromatic heterocycles. The van der Waals surface area contributed by atoms with Gasteiger partial charge >= 0.3 is 6.18 Å². The lowest BCUT2D eigenvalue weighted by Crippen LogP contribution is -2.23. The van der Waals surface area contributed by atoms with Gasteiger partial charge in [0.25, 0.3) is 5.91 Å². The lowest BCUT2D eigenvalue weighted by molar-refractivity contribution is -0.138. The van der Waals surface area contributed by atoms with Gasteiger partial charge in [0.2, 0.25) is 10.1 Å². The summed E-state index contributed by atoms with van der Waals surface area (Å²) in [5, 5.41) is 7.35. The Morgan fingerprint density at radius 2 is 1.83 bits per heavy atom. The summed E-state index contributed by atoms with van der Waals surface area (Å²) in [4.78, 5) is 12.2. The van der Waals surface area contributed by atoms with Gasteiger partial charge in [-0.2, -0.15) is 13.2 Å². The van der Waals surface area contributed by atoms with Crippen LogP contribution in [0.4, 0.5) is 18.3 Å². The molecule has 1 heterocycles. The number of hydrogen-bond donors (Lipinski definition) is 1. The first-order valence-corrected chi connectivity index (χ1v) is 11.1. The van der Waals surface area contributed by atoms with Gasteiger partial charge in [-0.25, -0.2) is 0 Å². The number of anilines is 1. The summed E-state index contributed by atoms with van der Waals surface area (Å²) in [6, 6.07) is 5.85. The molecule has 30 heavy (non-hydrogen) atoms. The highest BCUT2D eigenvalue weighted by Crippen LogP contribution is 2.41. The fourth-order valence-corrected chi connectivity index (χ4v) is 3.46. The zero-order valence-electron chi connectivity index (χ0n) is 17.5. The summed E-state index contributed by atoms with van der Waals surface area (Å²) in [6.45, 7) is 10.1. The van der Waals surface area contributed by atoms with E-state index in [-0.39, 0.29) is 32.8 Å². The van der Waals surface area contributed by atoms with Crippen molar-refractivity contribution >= 4 is 38.3 Å². The second-order valence-electron chi connectivity index (χ2n) is 7.75. The SMILES string of the molecule is CCC(C)(C)c1cc(C(C)(Br)CC)ccc1OCC(=O)Nc1nnc(C(F)(F)F)s1. The van der Waals surface area contributed by atoms with Crippen molar-refractivity contribution in [1.29, 1.82) is 0 Å². The summed E-state index contributed by atoms with van der Waals surface area (Å²) < 4.78 is 43.4. The highest BCUT2D eigenvalue weighted by atomic mass is 79.9. The van der Waals surface area contributed by atoms with Crippen molar-refractivity contribution in [2.75, 3.05) is 11.9 Å². The second-order valence-corrected chi connectivity index (χ2v) is 10.5. The number of halogens is 4. The number of alkyl halides is 4. The molecule has 1 amide bonds. The first-order valence-electron chi connectivity index (χ1n) is 9.47. The van der Waals surface area contributed by atoms with Crippen molar-refractivity contribution in [3.63, 3.8) is 0 Å². The molecule has 166 valence electrons. The van der Waals surface area contributed by atoms with Crippen LogP contribution in [0.2, 0.25) is 0 Å². The van der Waals surface area contributed by atoms with E-state index in [4.69, 9.17) is 4.74 Å². The second kappa shape index (κ2) is 9.21. The minimum absolute atomic E-state index is 0.185. The third-order valence-electron chi connectivity index (χ3n) is 5.13. The fraction of sp³-hybridized carbons (Fsp3) is 0.550. The van der Waals surface area contributed by atoms with Gasteiger partial charge in [0.05, 0.1) is 0 Å². The predicted molar refractivity (Wildman–Crippen MR) is 115 cm³/mol. The molecular formula is C20H25BrF3N3O2S. The quantitative estimate of drug-likeness (QED) is 0.427. The van der Waals surface area contributed by atoms with Crippen LogP contribution in [0.1, 0.15) is 63.6 Å². The van der Waals surface area contributed by atoms with Gasteiger partial charge < -0.3 is 4.74 Å². The Morgan fingerprint density at radius 1 is 1.17 bits per heavy atom. The Balaban J connectivity index is 2.17. The van der Waals surface area contributed by atoms with Gasteiger partial charge in [-0.3, -0.25) is 10.1 Å². The van der Waals surface area contributed by atoms with Gasteiger partial charge in [-0.1, -0.05) is 67.1 Å². The zero-order valence-corrected chi connectivity index (χ0v) is 19.9. The molecule has 1 aromatic carbocycles. The Morgan fingerprint density at radius 3 is 2.37 bits per heavy atom. The van der Waals surface area contributed by atoms with Crippen LogP contribution in [-0.2, 0) is 20.7 Å². The maximum atomic E-state index is 12.6. The maximum Gasteiger partial charge on any atom is 0.445 e. The van der Waals surface area contributed by atoms with E-state index in [1.807, 2.05) is 12.1 Å². The largest absolute Gasteiger partial charge is 0.483 e. The summed E-state index contributed by atoms with van der Waals surface area (Å²) >= 11 is 4.02. The molecule has 0 aliphatic rings. The van der Waals surface area contributed by atoms with Crippen molar-refractivity contribution in [2.24, 2.45) is 0 Å². The molecule has 1 N–H and O–H groups in total. The van der Waals surface area contributed by atoms with E-state index in [1.54, 1.807) is 0 Å². The van der Waals surface area contributed by atoms with E-state index in [2.05, 4.69) is 72.1 Å². The van der Waals surface area contributed by atoms with E-state index in [9.17, 15) is 18.0 Å². The lowest BCUT2D eigenvalue weighted by Gasteiger charge is -2.29. The number of rotatable bonds is 8. The Hall–Kier alpha value is -1.68. The normalized spacial score (nSPS) is 14.3. The first kappa shape index (κ1) is 24.6. The number of benzene rings is 1. The number of ether oxygens (including phenoxy) is 1. The molecule has 1 atom stereocenters. The predicted octanol–water partition coefficient (Wildman–Crippen LogP) is 6.28. The highest BCUT2D eigenvalue weighted by Gasteiger charge is 2.36. The van der Waals surface area contributed by atoms with Crippen LogP contribution in [0.5, 0.6) is 5.75 Å². The number of carbonyl (C=O) groups is 1. The van der Waals surface area contributed by atoms with Crippen LogP contribution >= 0.6 is 27.3 Å². The van der Waals surface area contributed by atoms with E-state index in [1.165, 1.54) is 0 Å². The molecule has 1 unspecified atom stereocenters. The number of amides is 1. The van der Waals surface area contributed by atoms with Gasteiger partial charge in [-0.15, -0.1) is 10.2 Å². The third kappa shape index (κ3) is 5.94. The van der Waals surface area contributed by atoms with Gasteiger partial charge in [0.1, 0.15) is 5.75 Å². The van der Waals surface area contributed by atoms with Gasteiger partial charge in [0, 0.05) is 9.89 Å². The Kier molecular flexibility index (Phi) is 7.55. The molecule has 10 heteroatoms.